The normalized spacial score (nSPS) is 20.1. The van der Waals surface area contributed by atoms with E-state index in [1.807, 2.05) is 20.8 Å². The minimum Gasteiger partial charge on any atom is -0.340 e. The lowest BCUT2D eigenvalue weighted by Crippen LogP contribution is -2.48. The summed E-state index contributed by atoms with van der Waals surface area (Å²) in [5, 5.41) is 3.60. The monoisotopic (exact) mass is 219 g/mol. The lowest BCUT2D eigenvalue weighted by molar-refractivity contribution is -0.126. The van der Waals surface area contributed by atoms with Gasteiger partial charge in [0.2, 0.25) is 5.91 Å². The molecule has 7 heteroatoms. The summed E-state index contributed by atoms with van der Waals surface area (Å²) in [5.41, 5.74) is -0.0677. The number of nitrogens with zero attached hydrogens (tertiary/aromatic N) is 1. The zero-order valence-electron chi connectivity index (χ0n) is 9.83. The van der Waals surface area contributed by atoms with Crippen LogP contribution in [-0.2, 0) is 4.79 Å². The zero-order valence-corrected chi connectivity index (χ0v) is 9.83. The molecule has 4 radical (unpaired) electrons. The first-order valence-electron chi connectivity index (χ1n) is 5.10. The Balaban J connectivity index is 2.50. The number of imide groups is 1. The van der Waals surface area contributed by atoms with Gasteiger partial charge in [-0.1, -0.05) is 0 Å². The quantitative estimate of drug-likeness (QED) is 0.468. The highest BCUT2D eigenvalue weighted by Crippen LogP contribution is 2.10. The molecule has 0 atom stereocenters. The van der Waals surface area contributed by atoms with E-state index in [-0.39, 0.29) is 12.1 Å². The standard InChI is InChI=1S/C9H15B2N3O2/c1-8(2,3)12-4-5-14-6(15)9(10,11)13-7(14)16/h12H,4-5H2,1-3H3,(H,13,16). The van der Waals surface area contributed by atoms with Gasteiger partial charge in [0.25, 0.3) is 0 Å². The second kappa shape index (κ2) is 4.13. The molecule has 1 saturated heterocycles. The molecule has 1 heterocycles. The molecule has 0 aliphatic carbocycles. The molecule has 0 spiro atoms. The molecular formula is C9H15B2N3O2. The lowest BCUT2D eigenvalue weighted by atomic mass is 9.62. The number of carbonyl (C=O) groups excluding carboxylic acids is 2. The Labute approximate surface area is 98.1 Å². The molecule has 0 aromatic heterocycles. The third-order valence-electron chi connectivity index (χ3n) is 2.15. The van der Waals surface area contributed by atoms with Gasteiger partial charge >= 0.3 is 6.03 Å². The summed E-state index contributed by atoms with van der Waals surface area (Å²) in [7, 11) is 10.8. The second-order valence-corrected chi connectivity index (χ2v) is 4.93. The topological polar surface area (TPSA) is 61.4 Å². The Hall–Kier alpha value is -0.970. The molecule has 1 aliphatic rings. The summed E-state index contributed by atoms with van der Waals surface area (Å²) < 4.78 is 0. The van der Waals surface area contributed by atoms with Gasteiger partial charge in [0.1, 0.15) is 15.7 Å². The van der Waals surface area contributed by atoms with E-state index in [4.69, 9.17) is 15.7 Å². The average Bonchev–Trinajstić information content (AvgIpc) is 2.25. The van der Waals surface area contributed by atoms with E-state index >= 15 is 0 Å². The first-order valence-corrected chi connectivity index (χ1v) is 5.10. The van der Waals surface area contributed by atoms with Crippen molar-refractivity contribution in [2.45, 2.75) is 31.6 Å². The van der Waals surface area contributed by atoms with E-state index in [9.17, 15) is 9.59 Å². The van der Waals surface area contributed by atoms with E-state index in [0.29, 0.717) is 6.54 Å². The molecule has 1 fully saturated rings. The van der Waals surface area contributed by atoms with Crippen molar-refractivity contribution in [2.24, 2.45) is 0 Å². The van der Waals surface area contributed by atoms with Crippen molar-refractivity contribution in [3.8, 4) is 0 Å². The summed E-state index contributed by atoms with van der Waals surface area (Å²) in [6, 6.07) is -0.550. The summed E-state index contributed by atoms with van der Waals surface area (Å²) in [6.07, 6.45) is 0. The van der Waals surface area contributed by atoms with E-state index in [1.54, 1.807) is 0 Å². The molecule has 0 unspecified atom stereocenters. The van der Waals surface area contributed by atoms with Crippen LogP contribution in [0.15, 0.2) is 0 Å². The van der Waals surface area contributed by atoms with Gasteiger partial charge in [-0.3, -0.25) is 9.69 Å². The molecule has 0 aromatic rings. The Morgan fingerprint density at radius 1 is 1.38 bits per heavy atom. The molecule has 0 bridgehead atoms. The number of amides is 3. The van der Waals surface area contributed by atoms with Crippen LogP contribution in [0.1, 0.15) is 20.8 Å². The molecule has 1 aliphatic heterocycles. The van der Waals surface area contributed by atoms with Crippen LogP contribution in [0.2, 0.25) is 0 Å². The van der Waals surface area contributed by atoms with Crippen LogP contribution in [0.25, 0.3) is 0 Å². The highest BCUT2D eigenvalue weighted by Gasteiger charge is 2.42. The van der Waals surface area contributed by atoms with Crippen LogP contribution in [0.5, 0.6) is 0 Å². The molecule has 84 valence electrons. The number of nitrogens with one attached hydrogen (secondary N) is 2. The maximum absolute atomic E-state index is 11.6. The Bertz CT molecular complexity index is 312. The van der Waals surface area contributed by atoms with Crippen molar-refractivity contribution in [2.75, 3.05) is 13.1 Å². The van der Waals surface area contributed by atoms with Gasteiger partial charge in [-0.15, -0.1) is 0 Å². The second-order valence-electron chi connectivity index (χ2n) is 4.93. The molecule has 0 aromatic carbocycles. The van der Waals surface area contributed by atoms with Crippen molar-refractivity contribution in [3.05, 3.63) is 0 Å². The van der Waals surface area contributed by atoms with Crippen molar-refractivity contribution >= 4 is 27.6 Å². The van der Waals surface area contributed by atoms with E-state index in [2.05, 4.69) is 10.6 Å². The fourth-order valence-corrected chi connectivity index (χ4v) is 1.36. The van der Waals surface area contributed by atoms with Gasteiger partial charge in [0.15, 0.2) is 0 Å². The zero-order chi connectivity index (χ0) is 12.6. The summed E-state index contributed by atoms with van der Waals surface area (Å²) in [5.74, 6) is -0.604. The van der Waals surface area contributed by atoms with Crippen LogP contribution in [0, 0.1) is 0 Å². The fourth-order valence-electron chi connectivity index (χ4n) is 1.36. The molecule has 16 heavy (non-hydrogen) atoms. The number of rotatable bonds is 3. The summed E-state index contributed by atoms with van der Waals surface area (Å²) in [6.45, 7) is 6.73. The van der Waals surface area contributed by atoms with Gasteiger partial charge in [-0.05, 0) is 20.8 Å². The first-order chi connectivity index (χ1) is 7.13. The molecule has 0 saturated carbocycles. The predicted octanol–water partition coefficient (Wildman–Crippen LogP) is -1.08. The first kappa shape index (κ1) is 13.1. The Kier molecular flexibility index (Phi) is 3.38. The maximum atomic E-state index is 11.6. The van der Waals surface area contributed by atoms with Gasteiger partial charge in [-0.2, -0.15) is 0 Å². The van der Waals surface area contributed by atoms with Gasteiger partial charge in [0, 0.05) is 24.0 Å². The largest absolute Gasteiger partial charge is 0.340 e. The maximum Gasteiger partial charge on any atom is 0.323 e. The van der Waals surface area contributed by atoms with Crippen LogP contribution >= 0.6 is 0 Å². The van der Waals surface area contributed by atoms with Crippen molar-refractivity contribution in [1.29, 1.82) is 0 Å². The lowest BCUT2D eigenvalue weighted by Gasteiger charge is -2.22. The third-order valence-corrected chi connectivity index (χ3v) is 2.15. The summed E-state index contributed by atoms with van der Waals surface area (Å²) >= 11 is 0. The minimum absolute atomic E-state index is 0.0677. The number of hydrogen-bond donors (Lipinski definition) is 2. The van der Waals surface area contributed by atoms with Crippen LogP contribution in [0.4, 0.5) is 4.79 Å². The molecule has 3 amide bonds. The highest BCUT2D eigenvalue weighted by molar-refractivity contribution is 6.54. The minimum atomic E-state index is -1.77. The number of carbonyl (C=O) groups is 2. The smallest absolute Gasteiger partial charge is 0.323 e. The van der Waals surface area contributed by atoms with Gasteiger partial charge in [0.05, 0.1) is 0 Å². The molecule has 2 N–H and O–H groups in total. The number of hydrogen-bond acceptors (Lipinski definition) is 3. The number of urea groups is 1. The van der Waals surface area contributed by atoms with Crippen molar-refractivity contribution < 1.29 is 9.59 Å². The van der Waals surface area contributed by atoms with Crippen LogP contribution < -0.4 is 10.6 Å². The van der Waals surface area contributed by atoms with Crippen LogP contribution in [0.3, 0.4) is 0 Å². The predicted molar refractivity (Wildman–Crippen MR) is 62.2 cm³/mol. The molecular weight excluding hydrogens is 204 g/mol. The van der Waals surface area contributed by atoms with E-state index in [0.717, 1.165) is 4.90 Å². The molecule has 1 rings (SSSR count). The van der Waals surface area contributed by atoms with Crippen molar-refractivity contribution in [1.82, 2.24) is 15.5 Å². The van der Waals surface area contributed by atoms with E-state index in [1.165, 1.54) is 0 Å². The highest BCUT2D eigenvalue weighted by atomic mass is 16.2. The van der Waals surface area contributed by atoms with Gasteiger partial charge in [-0.25, -0.2) is 4.79 Å². The van der Waals surface area contributed by atoms with Crippen LogP contribution in [-0.4, -0.2) is 56.5 Å². The Morgan fingerprint density at radius 2 is 1.94 bits per heavy atom. The third kappa shape index (κ3) is 3.01. The average molecular weight is 219 g/mol. The SMILES string of the molecule is [B]C1([B])NC(=O)N(CCNC(C)(C)C)C1=O. The fraction of sp³-hybridized carbons (Fsp3) is 0.778. The molecule has 5 nitrogen and oxygen atoms in total. The Morgan fingerprint density at radius 3 is 2.31 bits per heavy atom. The van der Waals surface area contributed by atoms with Crippen molar-refractivity contribution in [3.63, 3.8) is 0 Å². The van der Waals surface area contributed by atoms with E-state index < -0.39 is 17.3 Å². The van der Waals surface area contributed by atoms with Gasteiger partial charge < -0.3 is 10.6 Å². The summed E-state index contributed by atoms with van der Waals surface area (Å²) in [4.78, 5) is 23.9.